The van der Waals surface area contributed by atoms with E-state index in [2.05, 4.69) is 20.3 Å². The zero-order chi connectivity index (χ0) is 22.9. The molecule has 0 aliphatic heterocycles. The minimum Gasteiger partial charge on any atom is -0.360 e. The Hall–Kier alpha value is -3.48. The minimum atomic E-state index is -0.550. The Morgan fingerprint density at radius 1 is 1.09 bits per heavy atom. The molecule has 2 N–H and O–H groups in total. The molecule has 3 aromatic heterocycles. The van der Waals surface area contributed by atoms with Gasteiger partial charge in [-0.05, 0) is 66.1 Å². The van der Waals surface area contributed by atoms with Crippen molar-refractivity contribution in [2.75, 3.05) is 0 Å². The molecule has 3 heterocycles. The fourth-order valence-corrected chi connectivity index (χ4v) is 4.23. The van der Waals surface area contributed by atoms with Crippen LogP contribution < -0.4 is 5.32 Å². The van der Waals surface area contributed by atoms with Gasteiger partial charge in [0.2, 0.25) is 0 Å². The van der Waals surface area contributed by atoms with Crippen LogP contribution in [0.2, 0.25) is 10.0 Å². The molecule has 0 aliphatic carbocycles. The molecule has 5 rings (SSSR count). The van der Waals surface area contributed by atoms with Crippen molar-refractivity contribution in [1.29, 1.82) is 0 Å². The highest BCUT2D eigenvalue weighted by Crippen LogP contribution is 2.29. The van der Waals surface area contributed by atoms with Gasteiger partial charge in [0.25, 0.3) is 5.91 Å². The highest BCUT2D eigenvalue weighted by molar-refractivity contribution is 6.35. The molecule has 0 saturated carbocycles. The summed E-state index contributed by atoms with van der Waals surface area (Å²) in [5.74, 6) is -0.685. The van der Waals surface area contributed by atoms with Gasteiger partial charge < -0.3 is 10.3 Å². The van der Waals surface area contributed by atoms with Crippen LogP contribution in [0, 0.1) is 5.82 Å². The first-order valence-corrected chi connectivity index (χ1v) is 10.9. The number of carbonyl (C=O) groups is 1. The van der Waals surface area contributed by atoms with E-state index in [-0.39, 0.29) is 18.1 Å². The number of aromatic nitrogens is 3. The summed E-state index contributed by atoms with van der Waals surface area (Å²) < 4.78 is 15.0. The monoisotopic (exact) mass is 478 g/mol. The van der Waals surface area contributed by atoms with Crippen molar-refractivity contribution in [3.8, 4) is 0 Å². The summed E-state index contributed by atoms with van der Waals surface area (Å²) >= 11 is 12.4. The van der Waals surface area contributed by atoms with Crippen molar-refractivity contribution in [2.24, 2.45) is 0 Å². The smallest absolute Gasteiger partial charge is 0.251 e. The van der Waals surface area contributed by atoms with Crippen LogP contribution in [0.5, 0.6) is 0 Å². The fraction of sp³-hybridized carbons (Fsp3) is 0.0800. The Kier molecular flexibility index (Phi) is 5.70. The van der Waals surface area contributed by atoms with E-state index in [9.17, 15) is 9.18 Å². The first-order valence-electron chi connectivity index (χ1n) is 10.2. The van der Waals surface area contributed by atoms with Gasteiger partial charge >= 0.3 is 0 Å². The normalized spacial score (nSPS) is 12.2. The van der Waals surface area contributed by atoms with Crippen LogP contribution >= 0.6 is 23.2 Å². The maximum Gasteiger partial charge on any atom is 0.251 e. The molecule has 2 aromatic carbocycles. The van der Waals surface area contributed by atoms with Crippen molar-refractivity contribution in [1.82, 2.24) is 20.3 Å². The van der Waals surface area contributed by atoms with Crippen LogP contribution in [-0.4, -0.2) is 20.9 Å². The average Bonchev–Trinajstić information content (AvgIpc) is 3.18. The summed E-state index contributed by atoms with van der Waals surface area (Å²) in [6.45, 7) is 0. The predicted octanol–water partition coefficient (Wildman–Crippen LogP) is 6.27. The third kappa shape index (κ3) is 4.40. The second kappa shape index (κ2) is 8.81. The quantitative estimate of drug-likeness (QED) is 0.312. The lowest BCUT2D eigenvalue weighted by Crippen LogP contribution is -2.30. The number of pyridine rings is 2. The van der Waals surface area contributed by atoms with E-state index in [1.54, 1.807) is 55.1 Å². The van der Waals surface area contributed by atoms with Gasteiger partial charge in [0.05, 0.1) is 16.6 Å². The number of aromatic amines is 1. The Labute approximate surface area is 198 Å². The van der Waals surface area contributed by atoms with Gasteiger partial charge in [0.1, 0.15) is 5.82 Å². The Bertz CT molecular complexity index is 1490. The molecule has 164 valence electrons. The van der Waals surface area contributed by atoms with Gasteiger partial charge in [-0.25, -0.2) is 4.39 Å². The van der Waals surface area contributed by atoms with Crippen LogP contribution in [0.4, 0.5) is 4.39 Å². The van der Waals surface area contributed by atoms with Crippen LogP contribution in [0.1, 0.15) is 27.5 Å². The zero-order valence-corrected chi connectivity index (χ0v) is 18.7. The third-order valence-electron chi connectivity index (χ3n) is 5.54. The number of H-pyrrole nitrogens is 1. The number of carbonyl (C=O) groups excluding carboxylic acids is 1. The van der Waals surface area contributed by atoms with Gasteiger partial charge in [0, 0.05) is 51.7 Å². The van der Waals surface area contributed by atoms with Crippen LogP contribution in [0.15, 0.2) is 73.3 Å². The number of benzene rings is 2. The van der Waals surface area contributed by atoms with E-state index in [0.717, 1.165) is 21.9 Å². The van der Waals surface area contributed by atoms with E-state index in [1.807, 2.05) is 12.1 Å². The summed E-state index contributed by atoms with van der Waals surface area (Å²) in [6.07, 6.45) is 6.60. The number of hydrogen-bond acceptors (Lipinski definition) is 3. The van der Waals surface area contributed by atoms with Crippen LogP contribution in [0.3, 0.4) is 0 Å². The topological polar surface area (TPSA) is 70.7 Å². The molecule has 5 aromatic rings. The highest BCUT2D eigenvalue weighted by Gasteiger charge is 2.20. The molecule has 1 amide bonds. The zero-order valence-electron chi connectivity index (χ0n) is 17.1. The maximum atomic E-state index is 15.0. The van der Waals surface area contributed by atoms with Crippen LogP contribution in [-0.2, 0) is 6.42 Å². The number of fused-ring (bicyclic) bond motifs is 2. The van der Waals surface area contributed by atoms with E-state index < -0.39 is 6.04 Å². The van der Waals surface area contributed by atoms with Gasteiger partial charge in [0.15, 0.2) is 0 Å². The standard InChI is InChI=1S/C25H17Cl2FN4O/c26-18-1-2-22-16(8-18)7-17(12-30-22)23(32-25(33)14-3-5-29-6-4-14)10-15-9-19-20(27)13-31-24(19)11-21(15)28/h1-9,11-13,23,31H,10H2,(H,32,33). The maximum absolute atomic E-state index is 15.0. The van der Waals surface area contributed by atoms with E-state index in [1.165, 1.54) is 6.07 Å². The van der Waals surface area contributed by atoms with Gasteiger partial charge in [-0.2, -0.15) is 0 Å². The summed E-state index contributed by atoms with van der Waals surface area (Å²) in [5, 5.41) is 5.64. The van der Waals surface area contributed by atoms with Crippen molar-refractivity contribution < 1.29 is 9.18 Å². The molecular weight excluding hydrogens is 462 g/mol. The lowest BCUT2D eigenvalue weighted by atomic mass is 9.97. The molecule has 33 heavy (non-hydrogen) atoms. The first kappa shape index (κ1) is 21.4. The molecule has 0 fully saturated rings. The van der Waals surface area contributed by atoms with Crippen LogP contribution in [0.25, 0.3) is 21.8 Å². The van der Waals surface area contributed by atoms with Crippen molar-refractivity contribution >= 4 is 50.9 Å². The molecule has 0 spiro atoms. The number of rotatable bonds is 5. The molecule has 1 unspecified atom stereocenters. The molecule has 1 atom stereocenters. The average molecular weight is 479 g/mol. The molecule has 0 radical (unpaired) electrons. The number of halogens is 3. The Balaban J connectivity index is 1.56. The molecule has 5 nitrogen and oxygen atoms in total. The Morgan fingerprint density at radius 2 is 1.91 bits per heavy atom. The minimum absolute atomic E-state index is 0.202. The predicted molar refractivity (Wildman–Crippen MR) is 128 cm³/mol. The highest BCUT2D eigenvalue weighted by atomic mass is 35.5. The first-order chi connectivity index (χ1) is 16.0. The Morgan fingerprint density at radius 3 is 2.73 bits per heavy atom. The second-order valence-corrected chi connectivity index (χ2v) is 8.54. The van der Waals surface area contributed by atoms with Gasteiger partial charge in [-0.1, -0.05) is 23.2 Å². The number of hydrogen-bond donors (Lipinski definition) is 2. The molecular formula is C25H17Cl2FN4O. The summed E-state index contributed by atoms with van der Waals surface area (Å²) in [4.78, 5) is 24.4. The summed E-state index contributed by atoms with van der Waals surface area (Å²) in [6, 6.07) is 13.1. The SMILES string of the molecule is O=C(NC(Cc1cc2c(Cl)c[nH]c2cc1F)c1cnc2ccc(Cl)cc2c1)c1ccncc1. The third-order valence-corrected chi connectivity index (χ3v) is 6.08. The number of amides is 1. The second-order valence-electron chi connectivity index (χ2n) is 7.70. The van der Waals surface area contributed by atoms with Gasteiger partial charge in [-0.3, -0.25) is 14.8 Å². The molecule has 0 bridgehead atoms. The fourth-order valence-electron chi connectivity index (χ4n) is 3.84. The van der Waals surface area contributed by atoms with Crippen molar-refractivity contribution in [3.63, 3.8) is 0 Å². The van der Waals surface area contributed by atoms with E-state index >= 15 is 0 Å². The lowest BCUT2D eigenvalue weighted by Gasteiger charge is -2.20. The largest absolute Gasteiger partial charge is 0.360 e. The molecule has 8 heteroatoms. The number of nitrogens with zero attached hydrogens (tertiary/aromatic N) is 2. The summed E-state index contributed by atoms with van der Waals surface area (Å²) in [5.41, 5.74) is 2.99. The summed E-state index contributed by atoms with van der Waals surface area (Å²) in [7, 11) is 0. The molecule has 0 saturated heterocycles. The van der Waals surface area contributed by atoms with Crippen molar-refractivity contribution in [2.45, 2.75) is 12.5 Å². The van der Waals surface area contributed by atoms with Crippen molar-refractivity contribution in [3.05, 3.63) is 106 Å². The molecule has 0 aliphatic rings. The van der Waals surface area contributed by atoms with Gasteiger partial charge in [-0.15, -0.1) is 0 Å². The lowest BCUT2D eigenvalue weighted by molar-refractivity contribution is 0.0936. The van der Waals surface area contributed by atoms with E-state index in [0.29, 0.717) is 26.7 Å². The number of nitrogens with one attached hydrogen (secondary N) is 2. The van der Waals surface area contributed by atoms with E-state index in [4.69, 9.17) is 23.2 Å².